The molecule has 1 aromatic rings. The summed E-state index contributed by atoms with van der Waals surface area (Å²) in [6, 6.07) is 6.62. The molecule has 4 fully saturated rings. The summed E-state index contributed by atoms with van der Waals surface area (Å²) in [6.45, 7) is 9.18. The van der Waals surface area contributed by atoms with Crippen molar-refractivity contribution in [3.63, 3.8) is 0 Å². The molecular formula is C32H49FO3. The van der Waals surface area contributed by atoms with E-state index in [1.54, 1.807) is 25.1 Å². The van der Waals surface area contributed by atoms with Gasteiger partial charge in [0.2, 0.25) is 0 Å². The lowest BCUT2D eigenvalue weighted by Crippen LogP contribution is -2.58. The molecule has 4 aliphatic carbocycles. The third kappa shape index (κ3) is 4.28. The highest BCUT2D eigenvalue weighted by atomic mass is 19.1. The number of benzene rings is 1. The van der Waals surface area contributed by atoms with Crippen LogP contribution in [0.1, 0.15) is 104 Å². The van der Waals surface area contributed by atoms with Crippen molar-refractivity contribution in [2.75, 3.05) is 0 Å². The fourth-order valence-electron chi connectivity index (χ4n) is 10.3. The molecule has 4 saturated carbocycles. The van der Waals surface area contributed by atoms with E-state index in [1.165, 1.54) is 38.2 Å². The summed E-state index contributed by atoms with van der Waals surface area (Å²) in [5, 5.41) is 32.1. The Kier molecular flexibility index (Phi) is 7.14. The molecule has 0 heterocycles. The number of aliphatic hydroxyl groups is 3. The number of fused-ring (bicyclic) bond motifs is 5. The van der Waals surface area contributed by atoms with Crippen molar-refractivity contribution in [3.05, 3.63) is 35.6 Å². The number of halogens is 1. The summed E-state index contributed by atoms with van der Waals surface area (Å²) in [5.41, 5.74) is -0.166. The van der Waals surface area contributed by atoms with E-state index in [-0.39, 0.29) is 17.2 Å². The molecule has 36 heavy (non-hydrogen) atoms. The molecule has 0 radical (unpaired) electrons. The predicted octanol–water partition coefficient (Wildman–Crippen LogP) is 6.83. The molecule has 3 N–H and O–H groups in total. The van der Waals surface area contributed by atoms with Crippen LogP contribution in [0.5, 0.6) is 0 Å². The van der Waals surface area contributed by atoms with E-state index >= 15 is 0 Å². The molecule has 0 amide bonds. The lowest BCUT2D eigenvalue weighted by atomic mass is 9.44. The second-order valence-corrected chi connectivity index (χ2v) is 14.0. The Balaban J connectivity index is 1.23. The van der Waals surface area contributed by atoms with Crippen LogP contribution in [0.25, 0.3) is 0 Å². The maximum atomic E-state index is 14.3. The van der Waals surface area contributed by atoms with Crippen LogP contribution in [0.4, 0.5) is 4.39 Å². The molecule has 0 saturated heterocycles. The van der Waals surface area contributed by atoms with Crippen LogP contribution in [0.2, 0.25) is 0 Å². The number of rotatable bonds is 6. The van der Waals surface area contributed by atoms with Crippen molar-refractivity contribution in [1.82, 2.24) is 0 Å². The highest BCUT2D eigenvalue weighted by molar-refractivity contribution is 5.23. The maximum Gasteiger partial charge on any atom is 0.129 e. The van der Waals surface area contributed by atoms with Crippen LogP contribution < -0.4 is 0 Å². The Hall–Kier alpha value is -0.970. The standard InChI is InChI=1S/C32H49FO3/c1-20(8-7-17-32(4,36)25-9-5-6-10-27(25)33)22-13-14-23-21-11-12-26-29(35)28(34)16-19-31(26,3)24(21)15-18-30(22,23)2/h5-6,9-10,20-24,26,28-29,34-36H,7-8,11-19H2,1-4H3/t20?,21-,22+,23-,24-,26-,28-,29+,30+,31+,32?/m0/s1. The first-order valence-electron chi connectivity index (χ1n) is 14.8. The third-order valence-electron chi connectivity index (χ3n) is 12.3. The van der Waals surface area contributed by atoms with E-state index in [0.29, 0.717) is 35.2 Å². The SMILES string of the molecule is CC(CCCC(C)(O)c1ccccc1F)[C@H]1CC[C@H]2[C@@H]3CC[C@H]4[C@@H](O)[C@@H](O)CC[C@]4(C)[C@H]3CC[C@]12C. The number of hydrogen-bond donors (Lipinski definition) is 3. The lowest BCUT2D eigenvalue weighted by molar-refractivity contribution is -0.174. The average Bonchev–Trinajstić information content (AvgIpc) is 3.19. The largest absolute Gasteiger partial charge is 0.390 e. The van der Waals surface area contributed by atoms with Gasteiger partial charge in [-0.2, -0.15) is 0 Å². The summed E-state index contributed by atoms with van der Waals surface area (Å²) in [6.07, 6.45) is 10.7. The van der Waals surface area contributed by atoms with Crippen LogP contribution in [-0.2, 0) is 5.60 Å². The van der Waals surface area contributed by atoms with E-state index in [9.17, 15) is 19.7 Å². The highest BCUT2D eigenvalue weighted by Crippen LogP contribution is 2.68. The summed E-state index contributed by atoms with van der Waals surface area (Å²) in [4.78, 5) is 0. The first-order valence-corrected chi connectivity index (χ1v) is 14.8. The minimum Gasteiger partial charge on any atom is -0.390 e. The van der Waals surface area contributed by atoms with Gasteiger partial charge in [0, 0.05) is 5.56 Å². The van der Waals surface area contributed by atoms with Crippen molar-refractivity contribution in [1.29, 1.82) is 0 Å². The summed E-state index contributed by atoms with van der Waals surface area (Å²) in [7, 11) is 0. The van der Waals surface area contributed by atoms with E-state index in [1.807, 2.05) is 0 Å². The van der Waals surface area contributed by atoms with Crippen molar-refractivity contribution in [2.45, 2.75) is 116 Å². The second-order valence-electron chi connectivity index (χ2n) is 14.0. The molecular weight excluding hydrogens is 451 g/mol. The van der Waals surface area contributed by atoms with Crippen molar-refractivity contribution >= 4 is 0 Å². The smallest absolute Gasteiger partial charge is 0.129 e. The molecule has 0 aliphatic heterocycles. The lowest BCUT2D eigenvalue weighted by Gasteiger charge is -2.62. The molecule has 1 aromatic carbocycles. The zero-order valence-electron chi connectivity index (χ0n) is 22.9. The molecule has 202 valence electrons. The van der Waals surface area contributed by atoms with Gasteiger partial charge in [-0.1, -0.05) is 45.4 Å². The van der Waals surface area contributed by atoms with Gasteiger partial charge in [-0.05, 0) is 124 Å². The zero-order valence-corrected chi connectivity index (χ0v) is 22.9. The van der Waals surface area contributed by atoms with E-state index < -0.39 is 17.8 Å². The minimum atomic E-state index is -1.13. The van der Waals surface area contributed by atoms with Crippen molar-refractivity contribution in [3.8, 4) is 0 Å². The molecule has 5 rings (SSSR count). The highest BCUT2D eigenvalue weighted by Gasteiger charge is 2.61. The zero-order chi connectivity index (χ0) is 25.9. The fraction of sp³-hybridized carbons (Fsp3) is 0.812. The minimum absolute atomic E-state index is 0.172. The van der Waals surface area contributed by atoms with Crippen LogP contribution in [0, 0.1) is 52.2 Å². The van der Waals surface area contributed by atoms with Gasteiger partial charge in [0.25, 0.3) is 0 Å². The van der Waals surface area contributed by atoms with Crippen LogP contribution in [0.3, 0.4) is 0 Å². The average molecular weight is 501 g/mol. The Bertz CT molecular complexity index is 932. The summed E-state index contributed by atoms with van der Waals surface area (Å²) < 4.78 is 14.3. The maximum absolute atomic E-state index is 14.3. The monoisotopic (exact) mass is 500 g/mol. The van der Waals surface area contributed by atoms with Crippen LogP contribution >= 0.6 is 0 Å². The van der Waals surface area contributed by atoms with Crippen molar-refractivity contribution < 1.29 is 19.7 Å². The molecule has 2 unspecified atom stereocenters. The Labute approximate surface area is 217 Å². The van der Waals surface area contributed by atoms with Crippen LogP contribution in [0.15, 0.2) is 24.3 Å². The molecule has 0 aromatic heterocycles. The van der Waals surface area contributed by atoms with Gasteiger partial charge < -0.3 is 15.3 Å². The van der Waals surface area contributed by atoms with Gasteiger partial charge in [-0.3, -0.25) is 0 Å². The molecule has 0 bridgehead atoms. The Morgan fingerprint density at radius 2 is 1.61 bits per heavy atom. The quantitative estimate of drug-likeness (QED) is 0.401. The second kappa shape index (κ2) is 9.65. The molecule has 4 heteroatoms. The van der Waals surface area contributed by atoms with Gasteiger partial charge in [-0.25, -0.2) is 4.39 Å². The van der Waals surface area contributed by atoms with Crippen molar-refractivity contribution in [2.24, 2.45) is 46.3 Å². The summed E-state index contributed by atoms with van der Waals surface area (Å²) >= 11 is 0. The topological polar surface area (TPSA) is 60.7 Å². The number of hydrogen-bond acceptors (Lipinski definition) is 3. The van der Waals surface area contributed by atoms with Gasteiger partial charge in [0.1, 0.15) is 5.82 Å². The Morgan fingerprint density at radius 1 is 0.944 bits per heavy atom. The van der Waals surface area contributed by atoms with E-state index in [2.05, 4.69) is 20.8 Å². The van der Waals surface area contributed by atoms with Gasteiger partial charge in [0.15, 0.2) is 0 Å². The van der Waals surface area contributed by atoms with Gasteiger partial charge in [-0.15, -0.1) is 0 Å². The summed E-state index contributed by atoms with van der Waals surface area (Å²) in [5.74, 6) is 3.46. The Morgan fingerprint density at radius 3 is 2.36 bits per heavy atom. The molecule has 4 aliphatic rings. The predicted molar refractivity (Wildman–Crippen MR) is 142 cm³/mol. The number of aliphatic hydroxyl groups excluding tert-OH is 2. The van der Waals surface area contributed by atoms with Gasteiger partial charge >= 0.3 is 0 Å². The fourth-order valence-corrected chi connectivity index (χ4v) is 10.3. The van der Waals surface area contributed by atoms with Crippen LogP contribution in [-0.4, -0.2) is 27.5 Å². The molecule has 3 nitrogen and oxygen atoms in total. The normalized spacial score (nSPS) is 44.7. The first kappa shape index (κ1) is 26.6. The van der Waals surface area contributed by atoms with E-state index in [4.69, 9.17) is 0 Å². The van der Waals surface area contributed by atoms with Gasteiger partial charge in [0.05, 0.1) is 17.8 Å². The molecule has 11 atom stereocenters. The first-order chi connectivity index (χ1) is 17.0. The third-order valence-corrected chi connectivity index (χ3v) is 12.3. The van der Waals surface area contributed by atoms with E-state index in [0.717, 1.165) is 43.9 Å². The molecule has 0 spiro atoms.